The summed E-state index contributed by atoms with van der Waals surface area (Å²) in [5, 5.41) is 14.4. The maximum Gasteiger partial charge on any atom is 0.586 e. The summed E-state index contributed by atoms with van der Waals surface area (Å²) < 4.78 is 87.7. The third kappa shape index (κ3) is 8.64. The molecule has 3 aromatic rings. The molecule has 3 heterocycles. The Balaban J connectivity index is 1.19. The molecule has 3 aromatic carbocycles. The molecule has 0 unspecified atom stereocenters. The van der Waals surface area contributed by atoms with Crippen molar-refractivity contribution in [3.63, 3.8) is 0 Å². The van der Waals surface area contributed by atoms with Gasteiger partial charge in [0.25, 0.3) is 0 Å². The van der Waals surface area contributed by atoms with Crippen LogP contribution in [0.15, 0.2) is 77.7 Å². The highest BCUT2D eigenvalue weighted by Crippen LogP contribution is 2.42. The van der Waals surface area contributed by atoms with E-state index in [1.165, 1.54) is 0 Å². The molecule has 0 saturated carbocycles. The molecule has 1 amide bonds. The van der Waals surface area contributed by atoms with Crippen LogP contribution in [0, 0.1) is 11.8 Å². The number of alkyl carbamates (subject to hydrolysis) is 1. The summed E-state index contributed by atoms with van der Waals surface area (Å²) in [7, 11) is -4.35. The van der Waals surface area contributed by atoms with Crippen molar-refractivity contribution in [3.8, 4) is 17.2 Å². The van der Waals surface area contributed by atoms with Gasteiger partial charge in [-0.15, -0.1) is 8.78 Å². The van der Waals surface area contributed by atoms with Gasteiger partial charge >= 0.3 is 12.4 Å². The van der Waals surface area contributed by atoms with Crippen molar-refractivity contribution in [2.75, 3.05) is 26.3 Å². The minimum Gasteiger partial charge on any atom is -0.489 e. The summed E-state index contributed by atoms with van der Waals surface area (Å²) in [6.45, 7) is 4.19. The first-order valence-corrected chi connectivity index (χ1v) is 17.8. The van der Waals surface area contributed by atoms with Crippen LogP contribution in [0.3, 0.4) is 0 Å². The van der Waals surface area contributed by atoms with Gasteiger partial charge in [0, 0.05) is 19.2 Å². The van der Waals surface area contributed by atoms with E-state index in [2.05, 4.69) is 14.8 Å². The number of amides is 1. The number of aliphatic hydroxyl groups is 1. The molecule has 2 saturated heterocycles. The smallest absolute Gasteiger partial charge is 0.489 e. The summed E-state index contributed by atoms with van der Waals surface area (Å²) in [5.41, 5.74) is 1.73. The summed E-state index contributed by atoms with van der Waals surface area (Å²) in [5.74, 6) is -0.399. The Bertz CT molecular complexity index is 1730. The first-order valence-electron chi connectivity index (χ1n) is 16.4. The minimum atomic E-state index is -4.35. The number of hydrogen-bond acceptors (Lipinski definition) is 10. The number of ether oxygens (including phenoxy) is 6. The molecule has 0 radical (unpaired) electrons. The van der Waals surface area contributed by atoms with Gasteiger partial charge in [0.2, 0.25) is 10.0 Å². The number of rotatable bonds is 14. The van der Waals surface area contributed by atoms with Crippen molar-refractivity contribution < 1.29 is 55.5 Å². The monoisotopic (exact) mass is 718 g/mol. The topological polar surface area (TPSA) is 142 Å². The molecule has 0 spiro atoms. The molecule has 15 heteroatoms. The van der Waals surface area contributed by atoms with Crippen LogP contribution in [0.4, 0.5) is 13.6 Å². The predicted molar refractivity (Wildman–Crippen MR) is 174 cm³/mol. The molecule has 0 aromatic heterocycles. The zero-order valence-corrected chi connectivity index (χ0v) is 28.4. The molecule has 5 atom stereocenters. The second-order valence-corrected chi connectivity index (χ2v) is 14.8. The van der Waals surface area contributed by atoms with Gasteiger partial charge in [-0.3, -0.25) is 0 Å². The van der Waals surface area contributed by atoms with Crippen molar-refractivity contribution in [1.82, 2.24) is 9.62 Å². The van der Waals surface area contributed by atoms with E-state index >= 15 is 0 Å². The molecule has 270 valence electrons. The van der Waals surface area contributed by atoms with Gasteiger partial charge in [-0.05, 0) is 54.2 Å². The van der Waals surface area contributed by atoms with Gasteiger partial charge in [-0.2, -0.15) is 4.31 Å². The number of carbonyl (C=O) groups is 1. The molecule has 12 nitrogen and oxygen atoms in total. The summed E-state index contributed by atoms with van der Waals surface area (Å²) in [4.78, 5) is 12.9. The number of fused-ring (bicyclic) bond motifs is 2. The standard InChI is InChI=1S/C35H40F2N2O10S/c1-22(2)18-39(50(42,43)26-12-13-30-31(17-26)49-35(36,37)48-30)19-29(40)28(38-34(41)47-32-21-46-33-27(32)14-15-44-33)16-23-8-10-25(11-9-23)45-20-24-6-4-3-5-7-24/h3-13,17,22,27-29,32-33,40H,14-16,18-21H2,1-2H3,(H,38,41)/t27-,28-,29+,32-,33+/m0/s1. The van der Waals surface area contributed by atoms with Crippen molar-refractivity contribution in [2.45, 2.75) is 69.0 Å². The molecule has 2 N–H and O–H groups in total. The van der Waals surface area contributed by atoms with E-state index in [1.54, 1.807) is 38.1 Å². The lowest BCUT2D eigenvalue weighted by Gasteiger charge is -2.31. The van der Waals surface area contributed by atoms with E-state index in [-0.39, 0.29) is 42.1 Å². The molecule has 2 fully saturated rings. The predicted octanol–water partition coefficient (Wildman–Crippen LogP) is 4.69. The maximum atomic E-state index is 13.9. The van der Waals surface area contributed by atoms with Crippen LogP contribution in [0.1, 0.15) is 31.4 Å². The molecular weight excluding hydrogens is 678 g/mol. The molecule has 50 heavy (non-hydrogen) atoms. The van der Waals surface area contributed by atoms with Crippen molar-refractivity contribution in [3.05, 3.63) is 83.9 Å². The van der Waals surface area contributed by atoms with Gasteiger partial charge in [0.15, 0.2) is 17.8 Å². The van der Waals surface area contributed by atoms with Crippen LogP contribution in [-0.4, -0.2) is 81.1 Å². The Morgan fingerprint density at radius 3 is 2.48 bits per heavy atom. The Labute approximate surface area is 289 Å². The molecule has 6 rings (SSSR count). The number of benzene rings is 3. The number of nitrogens with one attached hydrogen (secondary N) is 1. The second kappa shape index (κ2) is 15.1. The average molecular weight is 719 g/mol. The van der Waals surface area contributed by atoms with Crippen molar-refractivity contribution >= 4 is 16.1 Å². The third-order valence-electron chi connectivity index (χ3n) is 8.61. The largest absolute Gasteiger partial charge is 0.586 e. The highest BCUT2D eigenvalue weighted by atomic mass is 32.2. The Kier molecular flexibility index (Phi) is 10.8. The summed E-state index contributed by atoms with van der Waals surface area (Å²) in [6.07, 6.45) is -6.34. The minimum absolute atomic E-state index is 0.0168. The van der Waals surface area contributed by atoms with E-state index in [9.17, 15) is 27.1 Å². The van der Waals surface area contributed by atoms with Crippen molar-refractivity contribution in [2.24, 2.45) is 11.8 Å². The molecule has 3 aliphatic rings. The van der Waals surface area contributed by atoms with Gasteiger partial charge < -0.3 is 38.8 Å². The number of carbonyl (C=O) groups excluding carboxylic acids is 1. The summed E-state index contributed by atoms with van der Waals surface area (Å²) in [6, 6.07) is 19.0. The quantitative estimate of drug-likeness (QED) is 0.241. The van der Waals surface area contributed by atoms with Crippen LogP contribution < -0.4 is 19.5 Å². The fourth-order valence-electron chi connectivity index (χ4n) is 6.12. The fraction of sp³-hybridized carbons (Fsp3) is 0.457. The van der Waals surface area contributed by atoms with E-state index in [1.807, 2.05) is 30.3 Å². The number of nitrogens with zero attached hydrogens (tertiary/aromatic N) is 1. The lowest BCUT2D eigenvalue weighted by molar-refractivity contribution is -0.286. The number of hydrogen-bond donors (Lipinski definition) is 2. The Hall–Kier alpha value is -4.02. The van der Waals surface area contributed by atoms with Gasteiger partial charge in [-0.25, -0.2) is 13.2 Å². The Morgan fingerprint density at radius 1 is 1.00 bits per heavy atom. The number of halogens is 2. The van der Waals surface area contributed by atoms with E-state index in [0.29, 0.717) is 25.4 Å². The lowest BCUT2D eigenvalue weighted by Crippen LogP contribution is -2.51. The van der Waals surface area contributed by atoms with Crippen molar-refractivity contribution in [1.29, 1.82) is 0 Å². The third-order valence-corrected chi connectivity index (χ3v) is 10.4. The number of alkyl halides is 2. The summed E-state index contributed by atoms with van der Waals surface area (Å²) >= 11 is 0. The SMILES string of the molecule is CC(C)CN(C[C@@H](O)[C@H](Cc1ccc(OCc2ccccc2)cc1)NC(=O)O[C@H]1CO[C@H]2OCC[C@H]21)S(=O)(=O)c1ccc2c(c1)OC(F)(F)O2. The molecule has 0 aliphatic carbocycles. The van der Waals surface area contributed by atoms with Gasteiger partial charge in [-0.1, -0.05) is 56.3 Å². The van der Waals surface area contributed by atoms with Crippen LogP contribution >= 0.6 is 0 Å². The van der Waals surface area contributed by atoms with Crippen LogP contribution in [0.25, 0.3) is 0 Å². The average Bonchev–Trinajstić information content (AvgIpc) is 3.78. The zero-order chi connectivity index (χ0) is 35.5. The molecule has 3 aliphatic heterocycles. The van der Waals surface area contributed by atoms with Crippen LogP contribution in [0.2, 0.25) is 0 Å². The molecule has 0 bridgehead atoms. The fourth-order valence-corrected chi connectivity index (χ4v) is 7.76. The highest BCUT2D eigenvalue weighted by Gasteiger charge is 2.45. The highest BCUT2D eigenvalue weighted by molar-refractivity contribution is 7.89. The number of aliphatic hydroxyl groups excluding tert-OH is 1. The lowest BCUT2D eigenvalue weighted by atomic mass is 10.0. The normalized spacial score (nSPS) is 21.9. The molecular formula is C35H40F2N2O10S. The van der Waals surface area contributed by atoms with Crippen LogP contribution in [-0.2, 0) is 37.3 Å². The van der Waals surface area contributed by atoms with E-state index in [4.69, 9.17) is 18.9 Å². The second-order valence-electron chi connectivity index (χ2n) is 12.9. The van der Waals surface area contributed by atoms with Gasteiger partial charge in [0.05, 0.1) is 36.2 Å². The Morgan fingerprint density at radius 2 is 1.74 bits per heavy atom. The van der Waals surface area contributed by atoms with Gasteiger partial charge in [0.1, 0.15) is 18.5 Å². The van der Waals surface area contributed by atoms with Crippen LogP contribution in [0.5, 0.6) is 17.2 Å². The number of sulfonamides is 1. The van der Waals surface area contributed by atoms with E-state index < -0.39 is 59.2 Å². The first-order chi connectivity index (χ1) is 23.9. The first kappa shape index (κ1) is 35.8. The van der Waals surface area contributed by atoms with E-state index in [0.717, 1.165) is 33.6 Å². The maximum absolute atomic E-state index is 13.9. The zero-order valence-electron chi connectivity index (χ0n) is 27.6.